The van der Waals surface area contributed by atoms with E-state index in [9.17, 15) is 14.7 Å². The lowest BCUT2D eigenvalue weighted by atomic mass is 9.71. The summed E-state index contributed by atoms with van der Waals surface area (Å²) in [5.74, 6) is 2.40. The molecule has 0 saturated heterocycles. The third-order valence-corrected chi connectivity index (χ3v) is 9.13. The molecule has 1 N–H and O–H groups in total. The van der Waals surface area contributed by atoms with Crippen LogP contribution in [0.15, 0.2) is 67.0 Å². The number of carboxylic acids is 1. The van der Waals surface area contributed by atoms with E-state index in [2.05, 4.69) is 23.0 Å². The molecule has 7 nitrogen and oxygen atoms in total. The van der Waals surface area contributed by atoms with Crippen LogP contribution < -0.4 is 4.74 Å². The number of hydrogen-bond acceptors (Lipinski definition) is 5. The fourth-order valence-electron chi connectivity index (χ4n) is 6.54. The molecule has 2 aliphatic carbocycles. The Morgan fingerprint density at radius 1 is 0.952 bits per heavy atom. The molecule has 3 aromatic rings. The van der Waals surface area contributed by atoms with E-state index in [0.29, 0.717) is 17.1 Å². The molecule has 0 radical (unpaired) electrons. The highest BCUT2D eigenvalue weighted by Crippen LogP contribution is 2.41. The molecule has 0 aliphatic heterocycles. The summed E-state index contributed by atoms with van der Waals surface area (Å²) >= 11 is 0. The van der Waals surface area contributed by atoms with Crippen LogP contribution in [0.2, 0.25) is 0 Å². The number of aliphatic carboxylic acids is 1. The lowest BCUT2D eigenvalue weighted by Crippen LogP contribution is -2.35. The molecule has 1 heterocycles. The number of aromatic nitrogens is 2. The molecule has 2 aromatic carbocycles. The number of hydrogen-bond donors (Lipinski definition) is 1. The van der Waals surface area contributed by atoms with E-state index in [1.165, 1.54) is 62.5 Å². The summed E-state index contributed by atoms with van der Waals surface area (Å²) in [6.07, 6.45) is 16.7. The molecular weight excluding hydrogens is 526 g/mol. The van der Waals surface area contributed by atoms with Crippen LogP contribution in [0.1, 0.15) is 79.8 Å². The first-order chi connectivity index (χ1) is 20.4. The van der Waals surface area contributed by atoms with Crippen molar-refractivity contribution < 1.29 is 19.4 Å². The first kappa shape index (κ1) is 29.5. The number of ether oxygens (including phenoxy) is 1. The average molecular weight is 568 g/mol. The van der Waals surface area contributed by atoms with Crippen molar-refractivity contribution >= 4 is 17.4 Å². The van der Waals surface area contributed by atoms with Crippen molar-refractivity contribution in [3.8, 4) is 17.1 Å². The standard InChI is InChI=1S/C35H41N3O4/c1-3-24-7-11-26(12-8-24)27-15-17-28(18-16-27)31-20-36-34(37-21-31)29-13-9-25(10-14-29)22-38(23-33(39)40)35(41)30-5-4-6-32(19-30)42-2/h4-6,9-10,13-14,17,19-21,24,26-27H,3,7-8,11-12,15-16,18,22-23H2,1-2H3,(H,39,40). The zero-order valence-electron chi connectivity index (χ0n) is 24.7. The Kier molecular flexibility index (Phi) is 9.67. The highest BCUT2D eigenvalue weighted by atomic mass is 16.5. The van der Waals surface area contributed by atoms with Crippen molar-refractivity contribution in [1.29, 1.82) is 0 Å². The Morgan fingerprint density at radius 3 is 2.31 bits per heavy atom. The maximum Gasteiger partial charge on any atom is 0.323 e. The third-order valence-electron chi connectivity index (χ3n) is 9.13. The molecule has 1 atom stereocenters. The minimum absolute atomic E-state index is 0.164. The van der Waals surface area contributed by atoms with Gasteiger partial charge in [-0.15, -0.1) is 0 Å². The number of nitrogens with zero attached hydrogens (tertiary/aromatic N) is 3. The van der Waals surface area contributed by atoms with Crippen LogP contribution in [0.3, 0.4) is 0 Å². The van der Waals surface area contributed by atoms with E-state index >= 15 is 0 Å². The van der Waals surface area contributed by atoms with E-state index in [-0.39, 0.29) is 12.5 Å². The molecule has 1 unspecified atom stereocenters. The maximum atomic E-state index is 13.1. The summed E-state index contributed by atoms with van der Waals surface area (Å²) in [6, 6.07) is 14.3. The van der Waals surface area contributed by atoms with Crippen molar-refractivity contribution in [2.45, 2.75) is 64.8 Å². The van der Waals surface area contributed by atoms with Crippen molar-refractivity contribution in [2.24, 2.45) is 17.8 Å². The molecule has 1 aromatic heterocycles. The average Bonchev–Trinajstić information content (AvgIpc) is 3.04. The van der Waals surface area contributed by atoms with E-state index in [0.717, 1.165) is 40.9 Å². The van der Waals surface area contributed by atoms with Gasteiger partial charge in [-0.05, 0) is 79.2 Å². The Balaban J connectivity index is 1.20. The number of rotatable bonds is 10. The third kappa shape index (κ3) is 7.25. The summed E-state index contributed by atoms with van der Waals surface area (Å²) in [5, 5.41) is 9.42. The zero-order valence-corrected chi connectivity index (χ0v) is 24.7. The van der Waals surface area contributed by atoms with Gasteiger partial charge < -0.3 is 14.7 Å². The first-order valence-electron chi connectivity index (χ1n) is 15.2. The Bertz CT molecular complexity index is 1390. The number of methoxy groups -OCH3 is 1. The van der Waals surface area contributed by atoms with E-state index < -0.39 is 12.5 Å². The second-order valence-electron chi connectivity index (χ2n) is 11.7. The lowest BCUT2D eigenvalue weighted by Gasteiger charge is -2.35. The SMILES string of the molecule is CCC1CCC(C2CC=C(c3cnc(-c4ccc(CN(CC(=O)O)C(=O)c5cccc(OC)c5)cc4)nc3)CC2)CC1. The topological polar surface area (TPSA) is 92.6 Å². The Hall–Kier alpha value is -4.00. The molecule has 1 saturated carbocycles. The summed E-state index contributed by atoms with van der Waals surface area (Å²) in [5.41, 5.74) is 4.52. The van der Waals surface area contributed by atoms with Gasteiger partial charge in [0.1, 0.15) is 12.3 Å². The lowest BCUT2D eigenvalue weighted by molar-refractivity contribution is -0.137. The van der Waals surface area contributed by atoms with Gasteiger partial charge in [0, 0.05) is 35.6 Å². The van der Waals surface area contributed by atoms with Crippen molar-refractivity contribution in [3.05, 3.63) is 83.7 Å². The normalized spacial score (nSPS) is 20.4. The van der Waals surface area contributed by atoms with Crippen LogP contribution in [0.25, 0.3) is 17.0 Å². The molecule has 5 rings (SSSR count). The smallest absolute Gasteiger partial charge is 0.323 e. The number of carbonyl (C=O) groups is 2. The van der Waals surface area contributed by atoms with Gasteiger partial charge >= 0.3 is 5.97 Å². The second-order valence-corrected chi connectivity index (χ2v) is 11.7. The quantitative estimate of drug-likeness (QED) is 0.277. The monoisotopic (exact) mass is 567 g/mol. The molecule has 1 fully saturated rings. The van der Waals surface area contributed by atoms with Crippen molar-refractivity contribution in [1.82, 2.24) is 14.9 Å². The number of carboxylic acid groups (broad SMARTS) is 1. The predicted octanol–water partition coefficient (Wildman–Crippen LogP) is 7.28. The van der Waals surface area contributed by atoms with Gasteiger partial charge in [0.25, 0.3) is 5.91 Å². The first-order valence-corrected chi connectivity index (χ1v) is 15.2. The van der Waals surface area contributed by atoms with Crippen LogP contribution in [0.5, 0.6) is 5.75 Å². The van der Waals surface area contributed by atoms with Gasteiger partial charge in [0.05, 0.1) is 7.11 Å². The highest BCUT2D eigenvalue weighted by molar-refractivity contribution is 5.96. The summed E-state index contributed by atoms with van der Waals surface area (Å²) in [6.45, 7) is 2.09. The van der Waals surface area contributed by atoms with E-state index in [4.69, 9.17) is 4.74 Å². The molecular formula is C35H41N3O4. The number of benzene rings is 2. The zero-order chi connectivity index (χ0) is 29.5. The number of amides is 1. The van der Waals surface area contributed by atoms with Crippen LogP contribution in [0.4, 0.5) is 0 Å². The Morgan fingerprint density at radius 2 is 1.69 bits per heavy atom. The van der Waals surface area contributed by atoms with E-state index in [1.807, 2.05) is 36.7 Å². The van der Waals surface area contributed by atoms with Crippen LogP contribution in [-0.2, 0) is 11.3 Å². The molecule has 7 heteroatoms. The summed E-state index contributed by atoms with van der Waals surface area (Å²) < 4.78 is 5.21. The molecule has 0 spiro atoms. The van der Waals surface area contributed by atoms with Gasteiger partial charge in [-0.2, -0.15) is 0 Å². The van der Waals surface area contributed by atoms with Crippen LogP contribution in [-0.4, -0.2) is 45.5 Å². The number of allylic oxidation sites excluding steroid dienone is 2. The largest absolute Gasteiger partial charge is 0.497 e. The van der Waals surface area contributed by atoms with Crippen molar-refractivity contribution in [2.75, 3.05) is 13.7 Å². The highest BCUT2D eigenvalue weighted by Gasteiger charge is 2.28. The minimum atomic E-state index is -1.07. The van der Waals surface area contributed by atoms with Gasteiger partial charge in [-0.25, -0.2) is 9.97 Å². The Labute approximate surface area is 248 Å². The molecule has 220 valence electrons. The molecule has 0 bridgehead atoms. The maximum absolute atomic E-state index is 13.1. The van der Waals surface area contributed by atoms with Gasteiger partial charge in [0.2, 0.25) is 0 Å². The fraction of sp³-hybridized carbons (Fsp3) is 0.429. The van der Waals surface area contributed by atoms with Gasteiger partial charge in [-0.3, -0.25) is 9.59 Å². The van der Waals surface area contributed by atoms with Crippen LogP contribution in [0, 0.1) is 17.8 Å². The van der Waals surface area contributed by atoms with Gasteiger partial charge in [0.15, 0.2) is 5.82 Å². The molecule has 1 amide bonds. The minimum Gasteiger partial charge on any atom is -0.497 e. The summed E-state index contributed by atoms with van der Waals surface area (Å²) in [4.78, 5) is 35.3. The fourth-order valence-corrected chi connectivity index (χ4v) is 6.54. The van der Waals surface area contributed by atoms with Crippen molar-refractivity contribution in [3.63, 3.8) is 0 Å². The van der Waals surface area contributed by atoms with Gasteiger partial charge in [-0.1, -0.05) is 62.6 Å². The second kappa shape index (κ2) is 13.8. The number of carbonyl (C=O) groups excluding carboxylic acids is 1. The molecule has 2 aliphatic rings. The van der Waals surface area contributed by atoms with E-state index in [1.54, 1.807) is 24.3 Å². The van der Waals surface area contributed by atoms with Crippen LogP contribution >= 0.6 is 0 Å². The predicted molar refractivity (Wildman–Crippen MR) is 164 cm³/mol. The molecule has 42 heavy (non-hydrogen) atoms. The summed E-state index contributed by atoms with van der Waals surface area (Å²) in [7, 11) is 1.53.